The molecule has 0 radical (unpaired) electrons. The van der Waals surface area contributed by atoms with Crippen molar-refractivity contribution in [3.05, 3.63) is 28.0 Å². The van der Waals surface area contributed by atoms with Gasteiger partial charge in [0.25, 0.3) is 0 Å². The van der Waals surface area contributed by atoms with Crippen LogP contribution in [0.5, 0.6) is 0 Å². The molecule has 0 amide bonds. The lowest BCUT2D eigenvalue weighted by molar-refractivity contribution is 1.31. The van der Waals surface area contributed by atoms with E-state index in [4.69, 9.17) is 28.5 Å². The lowest BCUT2D eigenvalue weighted by Gasteiger charge is -1.93. The minimum atomic E-state index is 0.195. The molecule has 4 heteroatoms. The standard InChI is InChI=1S/C9H4Cl2N2/c10-8-5-7(3-1-2-4-12)6-13-9(8)11/h5-6H,2H2. The van der Waals surface area contributed by atoms with Crippen molar-refractivity contribution in [3.8, 4) is 17.9 Å². The van der Waals surface area contributed by atoms with Gasteiger partial charge < -0.3 is 0 Å². The van der Waals surface area contributed by atoms with E-state index in [1.54, 1.807) is 6.07 Å². The van der Waals surface area contributed by atoms with Gasteiger partial charge in [0.05, 0.1) is 17.5 Å². The highest BCUT2D eigenvalue weighted by Gasteiger charge is 1.97. The quantitative estimate of drug-likeness (QED) is 0.488. The molecule has 1 rings (SSSR count). The summed E-state index contributed by atoms with van der Waals surface area (Å²) in [5.74, 6) is 5.38. The summed E-state index contributed by atoms with van der Waals surface area (Å²) >= 11 is 11.3. The Balaban J connectivity index is 2.89. The van der Waals surface area contributed by atoms with Crippen LogP contribution in [0.4, 0.5) is 0 Å². The van der Waals surface area contributed by atoms with E-state index in [1.807, 2.05) is 6.07 Å². The van der Waals surface area contributed by atoms with E-state index in [9.17, 15) is 0 Å². The Morgan fingerprint density at radius 3 is 2.85 bits per heavy atom. The zero-order valence-corrected chi connectivity index (χ0v) is 8.02. The second-order valence-corrected chi connectivity index (χ2v) is 2.90. The molecule has 0 saturated heterocycles. The Bertz CT molecular complexity index is 410. The Morgan fingerprint density at radius 2 is 2.23 bits per heavy atom. The van der Waals surface area contributed by atoms with Gasteiger partial charge in [0.2, 0.25) is 0 Å². The lowest BCUT2D eigenvalue weighted by Crippen LogP contribution is -1.80. The Kier molecular flexibility index (Phi) is 3.58. The molecule has 0 aliphatic heterocycles. The highest BCUT2D eigenvalue weighted by Crippen LogP contribution is 2.18. The molecule has 0 bridgehead atoms. The molecule has 0 aliphatic carbocycles. The van der Waals surface area contributed by atoms with Crippen molar-refractivity contribution in [1.29, 1.82) is 5.26 Å². The topological polar surface area (TPSA) is 36.7 Å². The van der Waals surface area contributed by atoms with Gasteiger partial charge in [-0.05, 0) is 6.07 Å². The minimum absolute atomic E-state index is 0.195. The SMILES string of the molecule is N#CCC#Cc1cnc(Cl)c(Cl)c1. The number of halogens is 2. The molecule has 13 heavy (non-hydrogen) atoms. The van der Waals surface area contributed by atoms with E-state index < -0.39 is 0 Å². The third-order valence-corrected chi connectivity index (χ3v) is 1.88. The molecule has 0 aromatic carbocycles. The van der Waals surface area contributed by atoms with E-state index in [1.165, 1.54) is 6.20 Å². The minimum Gasteiger partial charge on any atom is -0.242 e. The first-order chi connectivity index (χ1) is 6.24. The van der Waals surface area contributed by atoms with Crippen LogP contribution in [0.3, 0.4) is 0 Å². The first-order valence-electron chi connectivity index (χ1n) is 3.41. The summed E-state index contributed by atoms with van der Waals surface area (Å²) in [6.45, 7) is 0. The second kappa shape index (κ2) is 4.72. The van der Waals surface area contributed by atoms with Crippen LogP contribution in [0, 0.1) is 23.2 Å². The normalized spacial score (nSPS) is 8.38. The summed E-state index contributed by atoms with van der Waals surface area (Å²) in [6, 6.07) is 3.52. The Hall–Kier alpha value is -1.22. The first-order valence-corrected chi connectivity index (χ1v) is 4.16. The van der Waals surface area contributed by atoms with Gasteiger partial charge in [-0.1, -0.05) is 35.0 Å². The third kappa shape index (κ3) is 2.95. The molecule has 0 saturated carbocycles. The van der Waals surface area contributed by atoms with Crippen LogP contribution in [0.15, 0.2) is 12.3 Å². The largest absolute Gasteiger partial charge is 0.242 e. The van der Waals surface area contributed by atoms with Gasteiger partial charge in [0, 0.05) is 11.8 Å². The molecule has 1 aromatic rings. The average molecular weight is 211 g/mol. The molecular weight excluding hydrogens is 207 g/mol. The van der Waals surface area contributed by atoms with Crippen molar-refractivity contribution >= 4 is 23.2 Å². The predicted octanol–water partition coefficient (Wildman–Crippen LogP) is 2.65. The highest BCUT2D eigenvalue weighted by molar-refractivity contribution is 6.41. The molecule has 0 N–H and O–H groups in total. The van der Waals surface area contributed by atoms with Crippen LogP contribution in [0.25, 0.3) is 0 Å². The zero-order valence-electron chi connectivity index (χ0n) is 6.51. The van der Waals surface area contributed by atoms with E-state index in [0.717, 1.165) is 0 Å². The van der Waals surface area contributed by atoms with Crippen molar-refractivity contribution in [3.63, 3.8) is 0 Å². The summed E-state index contributed by atoms with van der Waals surface area (Å²) in [4.78, 5) is 3.81. The van der Waals surface area contributed by atoms with Gasteiger partial charge in [-0.2, -0.15) is 5.26 Å². The number of aromatic nitrogens is 1. The molecule has 64 valence electrons. The van der Waals surface area contributed by atoms with Crippen LogP contribution < -0.4 is 0 Å². The fourth-order valence-corrected chi connectivity index (χ4v) is 0.945. The third-order valence-electron chi connectivity index (χ3n) is 1.20. The van der Waals surface area contributed by atoms with Crippen molar-refractivity contribution in [2.75, 3.05) is 0 Å². The second-order valence-electron chi connectivity index (χ2n) is 2.13. The summed E-state index contributed by atoms with van der Waals surface area (Å²) in [5.41, 5.74) is 0.657. The fourth-order valence-electron chi connectivity index (χ4n) is 0.675. The van der Waals surface area contributed by atoms with Crippen molar-refractivity contribution in [2.24, 2.45) is 0 Å². The Labute approximate surface area is 86.1 Å². The zero-order chi connectivity index (χ0) is 9.68. The Morgan fingerprint density at radius 1 is 1.46 bits per heavy atom. The predicted molar refractivity (Wildman–Crippen MR) is 51.4 cm³/mol. The number of pyridine rings is 1. The number of hydrogen-bond acceptors (Lipinski definition) is 2. The van der Waals surface area contributed by atoms with Crippen LogP contribution in [-0.4, -0.2) is 4.98 Å². The molecule has 1 heterocycles. The van der Waals surface area contributed by atoms with Gasteiger partial charge in [0.15, 0.2) is 0 Å². The summed E-state index contributed by atoms with van der Waals surface area (Å²) in [6.07, 6.45) is 1.71. The first kappa shape index (κ1) is 9.86. The van der Waals surface area contributed by atoms with Crippen LogP contribution in [0.1, 0.15) is 12.0 Å². The van der Waals surface area contributed by atoms with Gasteiger partial charge in [-0.25, -0.2) is 4.98 Å². The molecular formula is C9H4Cl2N2. The maximum absolute atomic E-state index is 8.23. The molecule has 0 spiro atoms. The smallest absolute Gasteiger partial charge is 0.147 e. The fraction of sp³-hybridized carbons (Fsp3) is 0.111. The van der Waals surface area contributed by atoms with Gasteiger partial charge >= 0.3 is 0 Å². The van der Waals surface area contributed by atoms with E-state index in [-0.39, 0.29) is 11.6 Å². The number of nitrogens with zero attached hydrogens (tertiary/aromatic N) is 2. The van der Waals surface area contributed by atoms with Gasteiger partial charge in [-0.15, -0.1) is 0 Å². The van der Waals surface area contributed by atoms with E-state index in [0.29, 0.717) is 10.6 Å². The monoisotopic (exact) mass is 210 g/mol. The van der Waals surface area contributed by atoms with Crippen molar-refractivity contribution in [2.45, 2.75) is 6.42 Å². The maximum Gasteiger partial charge on any atom is 0.147 e. The highest BCUT2D eigenvalue weighted by atomic mass is 35.5. The van der Waals surface area contributed by atoms with Crippen molar-refractivity contribution in [1.82, 2.24) is 4.98 Å². The lowest BCUT2D eigenvalue weighted by atomic mass is 10.3. The van der Waals surface area contributed by atoms with Crippen LogP contribution in [-0.2, 0) is 0 Å². The van der Waals surface area contributed by atoms with Gasteiger partial charge in [-0.3, -0.25) is 0 Å². The summed E-state index contributed by atoms with van der Waals surface area (Å²) in [7, 11) is 0. The number of nitriles is 1. The van der Waals surface area contributed by atoms with E-state index >= 15 is 0 Å². The molecule has 2 nitrogen and oxygen atoms in total. The van der Waals surface area contributed by atoms with Crippen LogP contribution >= 0.6 is 23.2 Å². The number of hydrogen-bond donors (Lipinski definition) is 0. The molecule has 0 unspecified atom stereocenters. The molecule has 0 atom stereocenters. The van der Waals surface area contributed by atoms with Gasteiger partial charge in [0.1, 0.15) is 5.15 Å². The van der Waals surface area contributed by atoms with E-state index in [2.05, 4.69) is 16.8 Å². The number of rotatable bonds is 0. The average Bonchev–Trinajstić information content (AvgIpc) is 2.12. The maximum atomic E-state index is 8.23. The van der Waals surface area contributed by atoms with Crippen LogP contribution in [0.2, 0.25) is 10.2 Å². The summed E-state index contributed by atoms with van der Waals surface area (Å²) < 4.78 is 0. The molecule has 0 aliphatic rings. The molecule has 1 aromatic heterocycles. The summed E-state index contributed by atoms with van der Waals surface area (Å²) in [5, 5.41) is 8.85. The molecule has 0 fully saturated rings. The van der Waals surface area contributed by atoms with Crippen molar-refractivity contribution < 1.29 is 0 Å².